The molecule has 0 N–H and O–H groups in total. The van der Waals surface area contributed by atoms with Crippen molar-refractivity contribution >= 4 is 33.4 Å². The van der Waals surface area contributed by atoms with Gasteiger partial charge < -0.3 is 4.90 Å². The summed E-state index contributed by atoms with van der Waals surface area (Å²) in [7, 11) is 0. The maximum absolute atomic E-state index is 13.8. The highest BCUT2D eigenvalue weighted by atomic mass is 79.9. The van der Waals surface area contributed by atoms with E-state index >= 15 is 0 Å². The lowest BCUT2D eigenvalue weighted by Gasteiger charge is -2.37. The molecule has 1 aliphatic carbocycles. The normalized spacial score (nSPS) is 14.9. The van der Waals surface area contributed by atoms with Crippen LogP contribution in [0.1, 0.15) is 31.2 Å². The van der Waals surface area contributed by atoms with Gasteiger partial charge in [-0.05, 0) is 37.8 Å². The fraction of sp³-hybridized carbons (Fsp3) is 0.533. The zero-order chi connectivity index (χ0) is 14.5. The Balaban J connectivity index is 2.07. The van der Waals surface area contributed by atoms with Gasteiger partial charge in [-0.15, -0.1) is 0 Å². The lowest BCUT2D eigenvalue weighted by Crippen LogP contribution is -2.45. The van der Waals surface area contributed by atoms with E-state index in [0.717, 1.165) is 31.1 Å². The lowest BCUT2D eigenvalue weighted by atomic mass is 9.91. The summed E-state index contributed by atoms with van der Waals surface area (Å²) in [6.45, 7) is 0.723. The van der Waals surface area contributed by atoms with Crippen molar-refractivity contribution in [2.75, 3.05) is 11.9 Å². The predicted octanol–water partition coefficient (Wildman–Crippen LogP) is 4.19. The first-order valence-corrected chi connectivity index (χ1v) is 8.41. The Kier molecular flexibility index (Phi) is 5.85. The molecule has 5 heteroatoms. The van der Waals surface area contributed by atoms with E-state index in [2.05, 4.69) is 15.9 Å². The smallest absolute Gasteiger partial charge is 0.227 e. The molecule has 2 rings (SSSR count). The van der Waals surface area contributed by atoms with E-state index in [-0.39, 0.29) is 12.3 Å². The van der Waals surface area contributed by atoms with Gasteiger partial charge in [0.1, 0.15) is 5.82 Å². The van der Waals surface area contributed by atoms with Gasteiger partial charge in [-0.25, -0.2) is 4.39 Å². The molecular weight excluding hydrogens is 345 g/mol. The Morgan fingerprint density at radius 1 is 1.45 bits per heavy atom. The van der Waals surface area contributed by atoms with Crippen LogP contribution in [-0.2, 0) is 11.2 Å². The molecule has 1 fully saturated rings. The molecule has 0 aromatic heterocycles. The number of amides is 1. The average molecular weight is 363 g/mol. The monoisotopic (exact) mass is 361 g/mol. The van der Waals surface area contributed by atoms with Crippen molar-refractivity contribution < 1.29 is 9.18 Å². The van der Waals surface area contributed by atoms with Crippen molar-refractivity contribution in [1.82, 2.24) is 4.90 Å². The van der Waals surface area contributed by atoms with Crippen molar-refractivity contribution in [1.29, 1.82) is 0 Å². The molecule has 1 aliphatic rings. The lowest BCUT2D eigenvalue weighted by molar-refractivity contribution is -0.134. The van der Waals surface area contributed by atoms with Gasteiger partial charge in [0, 0.05) is 28.5 Å². The van der Waals surface area contributed by atoms with Crippen LogP contribution in [0.25, 0.3) is 0 Å². The molecule has 0 spiro atoms. The highest BCUT2D eigenvalue weighted by Crippen LogP contribution is 2.27. The van der Waals surface area contributed by atoms with E-state index in [9.17, 15) is 9.18 Å². The average Bonchev–Trinajstić information content (AvgIpc) is 2.36. The van der Waals surface area contributed by atoms with Gasteiger partial charge in [-0.2, -0.15) is 0 Å². The molecule has 1 aromatic carbocycles. The summed E-state index contributed by atoms with van der Waals surface area (Å²) in [5, 5.41) is 1.19. The highest BCUT2D eigenvalue weighted by molar-refractivity contribution is 9.09. The van der Waals surface area contributed by atoms with Gasteiger partial charge in [0.2, 0.25) is 5.91 Å². The second-order valence-electron chi connectivity index (χ2n) is 5.09. The number of alkyl halides is 1. The van der Waals surface area contributed by atoms with Gasteiger partial charge in [0.15, 0.2) is 0 Å². The molecule has 0 bridgehead atoms. The third kappa shape index (κ3) is 3.73. The van der Waals surface area contributed by atoms with Crippen LogP contribution in [-0.4, -0.2) is 28.7 Å². The summed E-state index contributed by atoms with van der Waals surface area (Å²) in [6.07, 6.45) is 4.23. The first-order chi connectivity index (χ1) is 9.63. The van der Waals surface area contributed by atoms with Crippen LogP contribution >= 0.6 is 27.5 Å². The van der Waals surface area contributed by atoms with Crippen LogP contribution in [0.3, 0.4) is 0 Å². The quantitative estimate of drug-likeness (QED) is 0.695. The fourth-order valence-electron chi connectivity index (χ4n) is 2.39. The molecule has 2 nitrogen and oxygen atoms in total. The zero-order valence-electron chi connectivity index (χ0n) is 11.2. The molecule has 0 heterocycles. The first kappa shape index (κ1) is 15.8. The fourth-order valence-corrected chi connectivity index (χ4v) is 2.87. The molecule has 1 aromatic rings. The number of hydrogen-bond donors (Lipinski definition) is 0. The molecule has 20 heavy (non-hydrogen) atoms. The minimum atomic E-state index is -0.403. The van der Waals surface area contributed by atoms with Crippen LogP contribution in [0.5, 0.6) is 0 Å². The second kappa shape index (κ2) is 7.41. The van der Waals surface area contributed by atoms with Crippen molar-refractivity contribution in [2.24, 2.45) is 0 Å². The SMILES string of the molecule is O=C(Cc1c(F)cccc1Cl)N(CCCBr)C1CCC1. The van der Waals surface area contributed by atoms with E-state index in [1.54, 1.807) is 12.1 Å². The van der Waals surface area contributed by atoms with Crippen LogP contribution in [0, 0.1) is 5.82 Å². The van der Waals surface area contributed by atoms with Crippen molar-refractivity contribution in [3.63, 3.8) is 0 Å². The molecule has 0 saturated heterocycles. The number of carbonyl (C=O) groups is 1. The van der Waals surface area contributed by atoms with E-state index in [0.29, 0.717) is 16.6 Å². The summed E-state index contributed by atoms with van der Waals surface area (Å²) in [5.74, 6) is -0.428. The highest BCUT2D eigenvalue weighted by Gasteiger charge is 2.28. The summed E-state index contributed by atoms with van der Waals surface area (Å²) >= 11 is 9.38. The van der Waals surface area contributed by atoms with Crippen LogP contribution in [0.4, 0.5) is 4.39 Å². The third-order valence-corrected chi connectivity index (χ3v) is 4.67. The minimum absolute atomic E-state index is 0.0253. The Morgan fingerprint density at radius 3 is 2.75 bits per heavy atom. The van der Waals surface area contributed by atoms with Crippen molar-refractivity contribution in [3.8, 4) is 0 Å². The largest absolute Gasteiger partial charge is 0.339 e. The molecule has 0 unspecified atom stereocenters. The first-order valence-electron chi connectivity index (χ1n) is 6.92. The van der Waals surface area contributed by atoms with Crippen molar-refractivity contribution in [3.05, 3.63) is 34.6 Å². The molecule has 110 valence electrons. The van der Waals surface area contributed by atoms with Gasteiger partial charge >= 0.3 is 0 Å². The molecule has 1 amide bonds. The van der Waals surface area contributed by atoms with E-state index in [1.165, 1.54) is 12.5 Å². The number of nitrogens with zero attached hydrogens (tertiary/aromatic N) is 1. The number of hydrogen-bond acceptors (Lipinski definition) is 1. The predicted molar refractivity (Wildman–Crippen MR) is 82.9 cm³/mol. The standard InChI is InChI=1S/C15H18BrClFNO/c16-8-3-9-19(11-4-1-5-11)15(20)10-12-13(17)6-2-7-14(12)18/h2,6-7,11H,1,3-5,8-10H2. The Hall–Kier alpha value is -0.610. The van der Waals surface area contributed by atoms with E-state index < -0.39 is 5.82 Å². The topological polar surface area (TPSA) is 20.3 Å². The summed E-state index contributed by atoms with van der Waals surface area (Å²) in [5.41, 5.74) is 0.308. The van der Waals surface area contributed by atoms with Gasteiger partial charge in [0.05, 0.1) is 6.42 Å². The summed E-state index contributed by atoms with van der Waals surface area (Å²) in [6, 6.07) is 4.85. The summed E-state index contributed by atoms with van der Waals surface area (Å²) in [4.78, 5) is 14.3. The van der Waals surface area contributed by atoms with E-state index in [4.69, 9.17) is 11.6 Å². The van der Waals surface area contributed by atoms with Crippen LogP contribution in [0.2, 0.25) is 5.02 Å². The minimum Gasteiger partial charge on any atom is -0.339 e. The number of benzene rings is 1. The summed E-state index contributed by atoms with van der Waals surface area (Å²) < 4.78 is 13.8. The second-order valence-corrected chi connectivity index (χ2v) is 6.29. The zero-order valence-corrected chi connectivity index (χ0v) is 13.6. The molecule has 0 aliphatic heterocycles. The number of rotatable bonds is 6. The number of halogens is 3. The Labute approximate surface area is 132 Å². The maximum atomic E-state index is 13.8. The van der Waals surface area contributed by atoms with Crippen molar-refractivity contribution in [2.45, 2.75) is 38.1 Å². The third-order valence-electron chi connectivity index (χ3n) is 3.76. The van der Waals surface area contributed by atoms with Gasteiger partial charge in [-0.3, -0.25) is 4.79 Å². The molecule has 1 saturated carbocycles. The maximum Gasteiger partial charge on any atom is 0.227 e. The van der Waals surface area contributed by atoms with Gasteiger partial charge in [-0.1, -0.05) is 33.6 Å². The number of carbonyl (C=O) groups excluding carboxylic acids is 1. The Morgan fingerprint density at radius 2 is 2.20 bits per heavy atom. The molecule has 0 atom stereocenters. The van der Waals surface area contributed by atoms with Gasteiger partial charge in [0.25, 0.3) is 0 Å². The Bertz CT molecular complexity index is 459. The molecular formula is C15H18BrClFNO. The molecule has 0 radical (unpaired) electrons. The van der Waals surface area contributed by atoms with Crippen LogP contribution in [0.15, 0.2) is 18.2 Å². The van der Waals surface area contributed by atoms with Crippen LogP contribution < -0.4 is 0 Å². The van der Waals surface area contributed by atoms with E-state index in [1.807, 2.05) is 4.90 Å².